The molecule has 1 atom stereocenters. The fourth-order valence-electron chi connectivity index (χ4n) is 2.67. The van der Waals surface area contributed by atoms with Crippen molar-refractivity contribution in [3.63, 3.8) is 0 Å². The van der Waals surface area contributed by atoms with E-state index in [0.717, 1.165) is 5.56 Å². The van der Waals surface area contributed by atoms with E-state index in [1.54, 1.807) is 30.5 Å². The van der Waals surface area contributed by atoms with Crippen LogP contribution in [-0.4, -0.2) is 24.1 Å². The predicted octanol–water partition coefficient (Wildman–Crippen LogP) is 4.54. The molecule has 2 amide bonds. The van der Waals surface area contributed by atoms with E-state index in [4.69, 9.17) is 11.6 Å². The van der Waals surface area contributed by atoms with Gasteiger partial charge < -0.3 is 5.32 Å². The topological polar surface area (TPSA) is 70.6 Å². The maximum Gasteiger partial charge on any atom is 0.262 e. The molecule has 1 unspecified atom stereocenters. The molecule has 0 bridgehead atoms. The minimum absolute atomic E-state index is 0.0800. The first-order valence-corrected chi connectivity index (χ1v) is 9.95. The number of carbonyl (C=O) groups excluding carboxylic acids is 2. The van der Waals surface area contributed by atoms with E-state index in [2.05, 4.69) is 36.6 Å². The standard InChI is InChI=1S/C23H28ClN3O2/c1-15(2)20(26-21(28)17-8-12-19(24)13-9-17)22(29)27-25-14-16-6-10-18(11-7-16)23(3,4)5/h6-15,20H,1-5H3,(H,26,28)(H,27,29). The van der Waals surface area contributed by atoms with Gasteiger partial charge in [-0.15, -0.1) is 0 Å². The molecule has 0 saturated carbocycles. The van der Waals surface area contributed by atoms with Crippen LogP contribution in [0, 0.1) is 5.92 Å². The first kappa shape index (κ1) is 22.6. The van der Waals surface area contributed by atoms with Crippen LogP contribution in [0.3, 0.4) is 0 Å². The first-order valence-electron chi connectivity index (χ1n) is 9.58. The third-order valence-electron chi connectivity index (χ3n) is 4.51. The van der Waals surface area contributed by atoms with Gasteiger partial charge in [0.1, 0.15) is 6.04 Å². The molecule has 2 aromatic carbocycles. The summed E-state index contributed by atoms with van der Waals surface area (Å²) in [5.74, 6) is -0.811. The van der Waals surface area contributed by atoms with Crippen molar-refractivity contribution in [1.82, 2.24) is 10.7 Å². The Hall–Kier alpha value is -2.66. The van der Waals surface area contributed by atoms with E-state index in [0.29, 0.717) is 10.6 Å². The summed E-state index contributed by atoms with van der Waals surface area (Å²) in [7, 11) is 0. The molecule has 5 nitrogen and oxygen atoms in total. The number of nitrogens with one attached hydrogen (secondary N) is 2. The highest BCUT2D eigenvalue weighted by atomic mass is 35.5. The zero-order valence-corrected chi connectivity index (χ0v) is 18.2. The fourth-order valence-corrected chi connectivity index (χ4v) is 2.80. The molecule has 0 radical (unpaired) electrons. The number of nitrogens with zero attached hydrogens (tertiary/aromatic N) is 1. The summed E-state index contributed by atoms with van der Waals surface area (Å²) in [6.45, 7) is 10.2. The van der Waals surface area contributed by atoms with Gasteiger partial charge in [0.05, 0.1) is 6.21 Å². The highest BCUT2D eigenvalue weighted by Gasteiger charge is 2.24. The average molecular weight is 414 g/mol. The minimum Gasteiger partial charge on any atom is -0.340 e. The van der Waals surface area contributed by atoms with Gasteiger partial charge in [0, 0.05) is 10.6 Å². The Kier molecular flexibility index (Phi) is 7.57. The van der Waals surface area contributed by atoms with Crippen LogP contribution in [-0.2, 0) is 10.2 Å². The molecule has 0 spiro atoms. The van der Waals surface area contributed by atoms with E-state index in [1.165, 1.54) is 5.56 Å². The third kappa shape index (κ3) is 6.71. The second-order valence-electron chi connectivity index (χ2n) is 8.31. The molecule has 2 aromatic rings. The quantitative estimate of drug-likeness (QED) is 0.539. The molecule has 0 aliphatic carbocycles. The van der Waals surface area contributed by atoms with E-state index in [9.17, 15) is 9.59 Å². The predicted molar refractivity (Wildman–Crippen MR) is 118 cm³/mol. The van der Waals surface area contributed by atoms with Gasteiger partial charge in [-0.2, -0.15) is 5.10 Å². The van der Waals surface area contributed by atoms with Crippen molar-refractivity contribution in [3.05, 3.63) is 70.2 Å². The molecule has 6 heteroatoms. The Balaban J connectivity index is 1.99. The third-order valence-corrected chi connectivity index (χ3v) is 4.76. The van der Waals surface area contributed by atoms with E-state index < -0.39 is 6.04 Å². The second-order valence-corrected chi connectivity index (χ2v) is 8.74. The highest BCUT2D eigenvalue weighted by molar-refractivity contribution is 6.30. The summed E-state index contributed by atoms with van der Waals surface area (Å²) in [5, 5.41) is 7.34. The van der Waals surface area contributed by atoms with Crippen LogP contribution in [0.4, 0.5) is 0 Å². The van der Waals surface area contributed by atoms with Gasteiger partial charge in [-0.3, -0.25) is 9.59 Å². The normalized spacial score (nSPS) is 12.8. The first-order chi connectivity index (χ1) is 13.6. The van der Waals surface area contributed by atoms with Gasteiger partial charge in [-0.1, -0.05) is 70.5 Å². The van der Waals surface area contributed by atoms with Gasteiger partial charge in [0.2, 0.25) is 0 Å². The van der Waals surface area contributed by atoms with E-state index in [1.807, 2.05) is 38.1 Å². The molecule has 2 rings (SSSR count). The average Bonchev–Trinajstić information content (AvgIpc) is 2.65. The van der Waals surface area contributed by atoms with Crippen LogP contribution in [0.25, 0.3) is 0 Å². The van der Waals surface area contributed by atoms with Gasteiger partial charge in [-0.25, -0.2) is 5.43 Å². The summed E-state index contributed by atoms with van der Waals surface area (Å²) in [4.78, 5) is 24.9. The maximum atomic E-state index is 12.5. The number of hydrazone groups is 1. The van der Waals surface area contributed by atoms with Gasteiger partial charge in [-0.05, 0) is 46.7 Å². The number of rotatable bonds is 6. The monoisotopic (exact) mass is 413 g/mol. The lowest BCUT2D eigenvalue weighted by atomic mass is 9.87. The number of amides is 2. The van der Waals surface area contributed by atoms with E-state index in [-0.39, 0.29) is 23.1 Å². The Labute approximate surface area is 177 Å². The number of halogens is 1. The number of benzene rings is 2. The molecule has 0 aliphatic rings. The smallest absolute Gasteiger partial charge is 0.262 e. The maximum absolute atomic E-state index is 12.5. The van der Waals surface area contributed by atoms with Crippen LogP contribution < -0.4 is 10.7 Å². The lowest BCUT2D eigenvalue weighted by Gasteiger charge is -2.20. The zero-order chi connectivity index (χ0) is 21.6. The minimum atomic E-state index is -0.710. The largest absolute Gasteiger partial charge is 0.340 e. The van der Waals surface area contributed by atoms with Crippen molar-refractivity contribution in [2.45, 2.75) is 46.1 Å². The van der Waals surface area contributed by atoms with Crippen molar-refractivity contribution >= 4 is 29.6 Å². The number of carbonyl (C=O) groups is 2. The molecular weight excluding hydrogens is 386 g/mol. The Morgan fingerprint density at radius 2 is 1.59 bits per heavy atom. The Morgan fingerprint density at radius 3 is 2.10 bits per heavy atom. The molecule has 0 aromatic heterocycles. The van der Waals surface area contributed by atoms with Crippen molar-refractivity contribution in [3.8, 4) is 0 Å². The van der Waals surface area contributed by atoms with Gasteiger partial charge >= 0.3 is 0 Å². The molecule has 0 heterocycles. The lowest BCUT2D eigenvalue weighted by molar-refractivity contribution is -0.123. The number of hydrogen-bond donors (Lipinski definition) is 2. The van der Waals surface area contributed by atoms with Crippen molar-refractivity contribution < 1.29 is 9.59 Å². The Bertz CT molecular complexity index is 866. The summed E-state index contributed by atoms with van der Waals surface area (Å²) < 4.78 is 0. The van der Waals surface area contributed by atoms with Crippen LogP contribution in [0.15, 0.2) is 53.6 Å². The fraction of sp³-hybridized carbons (Fsp3) is 0.348. The van der Waals surface area contributed by atoms with Crippen LogP contribution in [0.2, 0.25) is 5.02 Å². The summed E-state index contributed by atoms with van der Waals surface area (Å²) in [6.07, 6.45) is 1.59. The second kappa shape index (κ2) is 9.70. The van der Waals surface area contributed by atoms with Crippen LogP contribution >= 0.6 is 11.6 Å². The molecule has 154 valence electrons. The lowest BCUT2D eigenvalue weighted by Crippen LogP contribution is -2.48. The molecule has 0 saturated heterocycles. The molecular formula is C23H28ClN3O2. The molecule has 0 fully saturated rings. The van der Waals surface area contributed by atoms with Gasteiger partial charge in [0.15, 0.2) is 0 Å². The summed E-state index contributed by atoms with van der Waals surface area (Å²) in [6, 6.07) is 13.8. The van der Waals surface area contributed by atoms with Crippen LogP contribution in [0.5, 0.6) is 0 Å². The zero-order valence-electron chi connectivity index (χ0n) is 17.5. The molecule has 0 aliphatic heterocycles. The van der Waals surface area contributed by atoms with Crippen LogP contribution in [0.1, 0.15) is 56.1 Å². The SMILES string of the molecule is CC(C)C(NC(=O)c1ccc(Cl)cc1)C(=O)NN=Cc1ccc(C(C)(C)C)cc1. The highest BCUT2D eigenvalue weighted by Crippen LogP contribution is 2.21. The van der Waals surface area contributed by atoms with Crippen molar-refractivity contribution in [1.29, 1.82) is 0 Å². The Morgan fingerprint density at radius 1 is 1.00 bits per heavy atom. The van der Waals surface area contributed by atoms with E-state index >= 15 is 0 Å². The van der Waals surface area contributed by atoms with Crippen molar-refractivity contribution in [2.24, 2.45) is 11.0 Å². The van der Waals surface area contributed by atoms with Crippen molar-refractivity contribution in [2.75, 3.05) is 0 Å². The van der Waals surface area contributed by atoms with Gasteiger partial charge in [0.25, 0.3) is 11.8 Å². The molecule has 2 N–H and O–H groups in total. The number of hydrogen-bond acceptors (Lipinski definition) is 3. The summed E-state index contributed by atoms with van der Waals surface area (Å²) in [5.41, 5.74) is 5.14. The summed E-state index contributed by atoms with van der Waals surface area (Å²) >= 11 is 5.85. The molecule has 29 heavy (non-hydrogen) atoms.